The molecule has 0 bridgehead atoms. The zero-order valence-corrected chi connectivity index (χ0v) is 11.7. The number of phenolic OH excluding ortho intramolecular Hbond substituents is 2. The minimum atomic E-state index is -4.84. The topological polar surface area (TPSA) is 132 Å². The fraction of sp³-hybridized carbons (Fsp3) is 0.0714. The van der Waals surface area contributed by atoms with Crippen LogP contribution in [0.4, 0.5) is 0 Å². The van der Waals surface area contributed by atoms with Gasteiger partial charge in [0.25, 0.3) is 10.1 Å². The summed E-state index contributed by atoms with van der Waals surface area (Å²) in [6.07, 6.45) is -1.52. The first kappa shape index (κ1) is 14.5. The normalized spacial score (nSPS) is 17.0. The summed E-state index contributed by atoms with van der Waals surface area (Å²) in [4.78, 5) is 11.4. The van der Waals surface area contributed by atoms with Gasteiger partial charge >= 0.3 is 0 Å². The zero-order valence-electron chi connectivity index (χ0n) is 10.9. The summed E-state index contributed by atoms with van der Waals surface area (Å²) in [5.41, 5.74) is -0.536. The second kappa shape index (κ2) is 4.54. The predicted molar refractivity (Wildman–Crippen MR) is 73.5 cm³/mol. The molecule has 0 fully saturated rings. The maximum Gasteiger partial charge on any atom is 0.298 e. The zero-order chi connectivity index (χ0) is 16.2. The number of hydrogen-bond donors (Lipinski definition) is 4. The van der Waals surface area contributed by atoms with Gasteiger partial charge in [-0.1, -0.05) is 24.3 Å². The van der Waals surface area contributed by atoms with Crippen molar-refractivity contribution >= 4 is 15.9 Å². The maximum atomic E-state index is 12.4. The van der Waals surface area contributed by atoms with Gasteiger partial charge in [0, 0.05) is 17.2 Å². The third-order valence-electron chi connectivity index (χ3n) is 3.56. The van der Waals surface area contributed by atoms with Crippen LogP contribution >= 0.6 is 0 Å². The molecule has 1 aliphatic carbocycles. The monoisotopic (exact) mass is 322 g/mol. The number of hydrogen-bond acceptors (Lipinski definition) is 6. The summed E-state index contributed by atoms with van der Waals surface area (Å²) in [6.45, 7) is 0. The number of aliphatic hydroxyl groups is 1. The number of carbonyl (C=O) groups excluding carboxylic acids is 1. The Morgan fingerprint density at radius 3 is 2.36 bits per heavy atom. The van der Waals surface area contributed by atoms with Gasteiger partial charge in [-0.2, -0.15) is 8.42 Å². The molecule has 8 heteroatoms. The molecule has 1 unspecified atom stereocenters. The molecule has 2 aromatic rings. The minimum Gasteiger partial charge on any atom is -0.507 e. The van der Waals surface area contributed by atoms with Gasteiger partial charge in [0.15, 0.2) is 5.78 Å². The molecule has 3 rings (SSSR count). The second-order valence-corrected chi connectivity index (χ2v) is 6.22. The minimum absolute atomic E-state index is 0.136. The van der Waals surface area contributed by atoms with Crippen LogP contribution in [0.2, 0.25) is 0 Å². The van der Waals surface area contributed by atoms with E-state index in [2.05, 4.69) is 0 Å². The lowest BCUT2D eigenvalue weighted by Crippen LogP contribution is -2.20. The second-order valence-electron chi connectivity index (χ2n) is 4.83. The quantitative estimate of drug-likeness (QED) is 0.454. The molecule has 7 nitrogen and oxygen atoms in total. The van der Waals surface area contributed by atoms with Crippen LogP contribution in [0.5, 0.6) is 11.5 Å². The maximum absolute atomic E-state index is 12.4. The molecule has 0 spiro atoms. The Bertz CT molecular complexity index is 915. The van der Waals surface area contributed by atoms with E-state index in [1.807, 2.05) is 0 Å². The van der Waals surface area contributed by atoms with Crippen LogP contribution in [-0.2, 0) is 10.1 Å². The van der Waals surface area contributed by atoms with E-state index in [0.717, 1.165) is 0 Å². The van der Waals surface area contributed by atoms with Crippen molar-refractivity contribution in [3.63, 3.8) is 0 Å². The molecular weight excluding hydrogens is 312 g/mol. The van der Waals surface area contributed by atoms with Gasteiger partial charge in [-0.05, 0) is 5.56 Å². The van der Waals surface area contributed by atoms with E-state index in [4.69, 9.17) is 4.55 Å². The molecular formula is C14H10O7S. The highest BCUT2D eigenvalue weighted by Gasteiger charge is 2.37. The highest BCUT2D eigenvalue weighted by molar-refractivity contribution is 7.86. The van der Waals surface area contributed by atoms with E-state index < -0.39 is 49.5 Å². The van der Waals surface area contributed by atoms with Crippen LogP contribution in [-0.4, -0.2) is 34.1 Å². The van der Waals surface area contributed by atoms with Crippen LogP contribution in [0.25, 0.3) is 0 Å². The Morgan fingerprint density at radius 1 is 1.09 bits per heavy atom. The van der Waals surface area contributed by atoms with Gasteiger partial charge in [0.05, 0.1) is 5.56 Å². The van der Waals surface area contributed by atoms with E-state index in [9.17, 15) is 28.5 Å². The number of carbonyl (C=O) groups is 1. The van der Waals surface area contributed by atoms with Gasteiger partial charge in [-0.15, -0.1) is 0 Å². The Hall–Kier alpha value is -2.42. The molecule has 0 aromatic heterocycles. The van der Waals surface area contributed by atoms with E-state index in [1.165, 1.54) is 12.1 Å². The highest BCUT2D eigenvalue weighted by atomic mass is 32.2. The molecule has 1 atom stereocenters. The Kier molecular flexibility index (Phi) is 2.99. The molecule has 4 N–H and O–H groups in total. The summed E-state index contributed by atoms with van der Waals surface area (Å²) in [5.74, 6) is -2.38. The van der Waals surface area contributed by atoms with Crippen molar-refractivity contribution in [2.45, 2.75) is 11.0 Å². The summed E-state index contributed by atoms with van der Waals surface area (Å²) >= 11 is 0. The van der Waals surface area contributed by atoms with E-state index in [-0.39, 0.29) is 11.1 Å². The Morgan fingerprint density at radius 2 is 1.73 bits per heavy atom. The number of phenols is 2. The lowest BCUT2D eigenvalue weighted by molar-refractivity contribution is 0.101. The van der Waals surface area contributed by atoms with Gasteiger partial charge < -0.3 is 15.3 Å². The number of aliphatic hydroxyl groups excluding tert-OH is 1. The van der Waals surface area contributed by atoms with Crippen molar-refractivity contribution in [1.29, 1.82) is 0 Å². The number of aromatic hydroxyl groups is 2. The summed E-state index contributed by atoms with van der Waals surface area (Å²) in [6, 6.07) is 6.58. The van der Waals surface area contributed by atoms with Crippen LogP contribution in [0, 0.1) is 0 Å². The van der Waals surface area contributed by atoms with Crippen molar-refractivity contribution in [1.82, 2.24) is 0 Å². The van der Waals surface area contributed by atoms with Gasteiger partial charge in [0.1, 0.15) is 22.5 Å². The molecule has 1 aliphatic rings. The predicted octanol–water partition coefficient (Wildman–Crippen LogP) is 0.971. The molecule has 22 heavy (non-hydrogen) atoms. The first-order chi connectivity index (χ1) is 10.2. The third-order valence-corrected chi connectivity index (χ3v) is 4.43. The molecule has 0 radical (unpaired) electrons. The average molecular weight is 322 g/mol. The molecule has 2 aromatic carbocycles. The molecule has 114 valence electrons. The van der Waals surface area contributed by atoms with Crippen LogP contribution < -0.4 is 0 Å². The first-order valence-corrected chi connectivity index (χ1v) is 7.55. The van der Waals surface area contributed by atoms with Gasteiger partial charge in [0.2, 0.25) is 0 Å². The molecule has 0 amide bonds. The largest absolute Gasteiger partial charge is 0.507 e. The van der Waals surface area contributed by atoms with Gasteiger partial charge in [-0.3, -0.25) is 9.35 Å². The first-order valence-electron chi connectivity index (χ1n) is 6.11. The Balaban J connectivity index is 2.41. The van der Waals surface area contributed by atoms with E-state index >= 15 is 0 Å². The van der Waals surface area contributed by atoms with Crippen LogP contribution in [0.1, 0.15) is 33.2 Å². The van der Waals surface area contributed by atoms with Crippen LogP contribution in [0.15, 0.2) is 35.2 Å². The molecule has 0 aliphatic heterocycles. The number of ketones is 1. The Labute approximate surface area is 124 Å². The highest BCUT2D eigenvalue weighted by Crippen LogP contribution is 2.45. The summed E-state index contributed by atoms with van der Waals surface area (Å²) in [5, 5.41) is 30.3. The van der Waals surface area contributed by atoms with Crippen LogP contribution in [0.3, 0.4) is 0 Å². The molecule has 0 saturated carbocycles. The van der Waals surface area contributed by atoms with Crippen molar-refractivity contribution in [2.24, 2.45) is 0 Å². The molecule has 0 heterocycles. The number of fused-ring (bicyclic) bond motifs is 2. The lowest BCUT2D eigenvalue weighted by Gasteiger charge is -2.25. The van der Waals surface area contributed by atoms with E-state index in [1.54, 1.807) is 12.1 Å². The smallest absolute Gasteiger partial charge is 0.298 e. The fourth-order valence-electron chi connectivity index (χ4n) is 2.59. The van der Waals surface area contributed by atoms with Crippen molar-refractivity contribution < 1.29 is 33.1 Å². The van der Waals surface area contributed by atoms with Crippen molar-refractivity contribution in [2.75, 3.05) is 0 Å². The third kappa shape index (κ3) is 1.89. The fourth-order valence-corrected chi connectivity index (χ4v) is 3.20. The summed E-state index contributed by atoms with van der Waals surface area (Å²) < 4.78 is 31.6. The summed E-state index contributed by atoms with van der Waals surface area (Å²) in [7, 11) is -4.84. The van der Waals surface area contributed by atoms with Gasteiger partial charge in [-0.25, -0.2) is 0 Å². The molecule has 0 saturated heterocycles. The average Bonchev–Trinajstić information content (AvgIpc) is 2.45. The number of benzene rings is 2. The van der Waals surface area contributed by atoms with Crippen molar-refractivity contribution in [3.05, 3.63) is 52.6 Å². The standard InChI is InChI=1S/C14H10O7S/c15-8-5-9(22(19,20)21)14(18)11-10(8)12(16)6-3-1-2-4-7(6)13(11)17/h1-5,13,15,17-18H,(H,19,20,21). The van der Waals surface area contributed by atoms with E-state index in [0.29, 0.717) is 6.07 Å². The number of rotatable bonds is 1. The van der Waals surface area contributed by atoms with Crippen molar-refractivity contribution in [3.8, 4) is 11.5 Å². The lowest BCUT2D eigenvalue weighted by atomic mass is 9.82. The SMILES string of the molecule is O=C1c2ccccc2C(O)c2c(O)c(S(=O)(=O)O)cc(O)c21.